The van der Waals surface area contributed by atoms with Gasteiger partial charge in [-0.05, 0) is 32.0 Å². The van der Waals surface area contributed by atoms with Crippen LogP contribution in [0.15, 0.2) is 29.5 Å². The maximum Gasteiger partial charge on any atom is 0.416 e. The quantitative estimate of drug-likeness (QED) is 0.557. The summed E-state index contributed by atoms with van der Waals surface area (Å²) in [7, 11) is 0. The van der Waals surface area contributed by atoms with Crippen LogP contribution < -0.4 is 15.4 Å². The third kappa shape index (κ3) is 5.55. The number of hydrogen-bond donors (Lipinski definition) is 2. The van der Waals surface area contributed by atoms with Crippen molar-refractivity contribution in [2.24, 2.45) is 0 Å². The van der Waals surface area contributed by atoms with Crippen LogP contribution in [0.3, 0.4) is 0 Å². The number of nitrogens with one attached hydrogen (secondary N) is 2. The van der Waals surface area contributed by atoms with Crippen molar-refractivity contribution < 1.29 is 45.4 Å². The molecule has 0 radical (unpaired) electrons. The monoisotopic (exact) mass is 426 g/mol. The first-order chi connectivity index (χ1) is 13.3. The van der Waals surface area contributed by atoms with Crippen LogP contribution in [-0.4, -0.2) is 31.3 Å². The Morgan fingerprint density at radius 2 is 1.62 bits per heavy atom. The van der Waals surface area contributed by atoms with Crippen LogP contribution in [-0.2, 0) is 21.9 Å². The van der Waals surface area contributed by atoms with Crippen LogP contribution in [0.1, 0.15) is 25.0 Å². The van der Waals surface area contributed by atoms with E-state index in [0.717, 1.165) is 0 Å². The summed E-state index contributed by atoms with van der Waals surface area (Å²) in [4.78, 5) is 23.7. The molecule has 6 nitrogen and oxygen atoms in total. The molecule has 1 aliphatic heterocycles. The van der Waals surface area contributed by atoms with Gasteiger partial charge in [-0.1, -0.05) is 0 Å². The standard InChI is InChI=1S/C17H16F6N2O4/c1-3-28-14(26)13-8(2)24-15(27)25-12(13)7-29-11-5-9(16(18,19)20)4-10(6-11)17(21,22)23/h4-6,8H,3,7H2,1-2H3,(H2,24,25,27)/t8-/m0/s1. The zero-order chi connectivity index (χ0) is 22.0. The Hall–Kier alpha value is -2.92. The van der Waals surface area contributed by atoms with Gasteiger partial charge in [0, 0.05) is 0 Å². The number of amides is 2. The molecule has 160 valence electrons. The summed E-state index contributed by atoms with van der Waals surface area (Å²) in [5.41, 5.74) is -3.30. The van der Waals surface area contributed by atoms with Gasteiger partial charge >= 0.3 is 24.4 Å². The molecular weight excluding hydrogens is 410 g/mol. The molecule has 29 heavy (non-hydrogen) atoms. The topological polar surface area (TPSA) is 76.7 Å². The lowest BCUT2D eigenvalue weighted by atomic mass is 10.0. The number of rotatable bonds is 5. The molecule has 1 aromatic rings. The van der Waals surface area contributed by atoms with E-state index in [1.54, 1.807) is 0 Å². The molecule has 0 fully saturated rings. The van der Waals surface area contributed by atoms with E-state index >= 15 is 0 Å². The fourth-order valence-electron chi connectivity index (χ4n) is 2.56. The summed E-state index contributed by atoms with van der Waals surface area (Å²) in [5, 5.41) is 4.65. The van der Waals surface area contributed by atoms with Crippen molar-refractivity contribution in [3.05, 3.63) is 40.6 Å². The van der Waals surface area contributed by atoms with Crippen LogP contribution in [0, 0.1) is 0 Å². The number of alkyl halides is 6. The van der Waals surface area contributed by atoms with Gasteiger partial charge in [0.15, 0.2) is 0 Å². The maximum atomic E-state index is 12.9. The van der Waals surface area contributed by atoms with E-state index in [-0.39, 0.29) is 23.9 Å². The Labute approximate surface area is 160 Å². The van der Waals surface area contributed by atoms with E-state index in [1.807, 2.05) is 0 Å². The van der Waals surface area contributed by atoms with E-state index in [4.69, 9.17) is 9.47 Å². The summed E-state index contributed by atoms with van der Waals surface area (Å²) in [6.07, 6.45) is -10.1. The second kappa shape index (κ2) is 8.21. The summed E-state index contributed by atoms with van der Waals surface area (Å²) in [6, 6.07) is -0.777. The number of carbonyl (C=O) groups is 2. The largest absolute Gasteiger partial charge is 0.487 e. The number of benzene rings is 1. The molecule has 0 bridgehead atoms. The predicted molar refractivity (Wildman–Crippen MR) is 86.7 cm³/mol. The third-order valence-corrected chi connectivity index (χ3v) is 3.81. The van der Waals surface area contributed by atoms with Gasteiger partial charge in [-0.3, -0.25) is 0 Å². The SMILES string of the molecule is CCOC(=O)C1=C(COc2cc(C(F)(F)F)cc(C(F)(F)F)c2)NC(=O)N[C@H]1C. The fourth-order valence-corrected chi connectivity index (χ4v) is 2.56. The lowest BCUT2D eigenvalue weighted by Gasteiger charge is -2.26. The minimum absolute atomic E-state index is 0.0136. The molecule has 2 amide bonds. The van der Waals surface area contributed by atoms with Gasteiger partial charge < -0.3 is 20.1 Å². The van der Waals surface area contributed by atoms with E-state index in [9.17, 15) is 35.9 Å². The van der Waals surface area contributed by atoms with E-state index in [0.29, 0.717) is 12.1 Å². The first-order valence-corrected chi connectivity index (χ1v) is 8.23. The Kier molecular flexibility index (Phi) is 6.34. The second-order valence-corrected chi connectivity index (χ2v) is 5.96. The normalized spacial score (nSPS) is 17.5. The van der Waals surface area contributed by atoms with Crippen molar-refractivity contribution in [2.45, 2.75) is 32.2 Å². The molecular formula is C17H16F6N2O4. The lowest BCUT2D eigenvalue weighted by Crippen LogP contribution is -2.50. The molecule has 0 aliphatic carbocycles. The molecule has 2 N–H and O–H groups in total. The van der Waals surface area contributed by atoms with Crippen molar-refractivity contribution in [3.8, 4) is 5.75 Å². The van der Waals surface area contributed by atoms with Gasteiger partial charge in [0.1, 0.15) is 12.4 Å². The highest BCUT2D eigenvalue weighted by Gasteiger charge is 2.37. The van der Waals surface area contributed by atoms with Gasteiger partial charge in [0.05, 0.1) is 35.0 Å². The van der Waals surface area contributed by atoms with Crippen molar-refractivity contribution in [2.75, 3.05) is 13.2 Å². The number of urea groups is 1. The van der Waals surface area contributed by atoms with Gasteiger partial charge in [0.25, 0.3) is 0 Å². The van der Waals surface area contributed by atoms with Crippen LogP contribution in [0.2, 0.25) is 0 Å². The highest BCUT2D eigenvalue weighted by atomic mass is 19.4. The Morgan fingerprint density at radius 1 is 1.07 bits per heavy atom. The van der Waals surface area contributed by atoms with Gasteiger partial charge in [-0.15, -0.1) is 0 Å². The first-order valence-electron chi connectivity index (χ1n) is 8.23. The van der Waals surface area contributed by atoms with Gasteiger partial charge in [-0.25, -0.2) is 9.59 Å². The van der Waals surface area contributed by atoms with Gasteiger partial charge in [-0.2, -0.15) is 26.3 Å². The van der Waals surface area contributed by atoms with Crippen molar-refractivity contribution in [1.82, 2.24) is 10.6 Å². The second-order valence-electron chi connectivity index (χ2n) is 5.96. The molecule has 2 rings (SSSR count). The molecule has 0 saturated heterocycles. The van der Waals surface area contributed by atoms with Gasteiger partial charge in [0.2, 0.25) is 0 Å². The highest BCUT2D eigenvalue weighted by Crippen LogP contribution is 2.38. The van der Waals surface area contributed by atoms with Crippen molar-refractivity contribution >= 4 is 12.0 Å². The molecule has 1 aromatic carbocycles. The average molecular weight is 426 g/mol. The first kappa shape index (κ1) is 22.4. The Morgan fingerprint density at radius 3 is 2.10 bits per heavy atom. The molecule has 0 unspecified atom stereocenters. The zero-order valence-electron chi connectivity index (χ0n) is 15.1. The summed E-state index contributed by atoms with van der Waals surface area (Å²) >= 11 is 0. The molecule has 0 saturated carbocycles. The molecule has 12 heteroatoms. The molecule has 1 heterocycles. The van der Waals surface area contributed by atoms with E-state index in [1.165, 1.54) is 13.8 Å². The molecule has 0 aromatic heterocycles. The van der Waals surface area contributed by atoms with Crippen LogP contribution in [0.25, 0.3) is 0 Å². The summed E-state index contributed by atoms with van der Waals surface area (Å²) < 4.78 is 87.5. The lowest BCUT2D eigenvalue weighted by molar-refractivity contribution is -0.143. The maximum absolute atomic E-state index is 12.9. The number of ether oxygens (including phenoxy) is 2. The number of halogens is 6. The summed E-state index contributed by atoms with van der Waals surface area (Å²) in [6.45, 7) is 2.34. The Balaban J connectivity index is 2.38. The minimum Gasteiger partial charge on any atom is -0.487 e. The number of esters is 1. The number of hydrogen-bond acceptors (Lipinski definition) is 4. The highest BCUT2D eigenvalue weighted by molar-refractivity contribution is 5.94. The molecule has 1 aliphatic rings. The molecule has 0 spiro atoms. The number of carbonyl (C=O) groups excluding carboxylic acids is 2. The zero-order valence-corrected chi connectivity index (χ0v) is 15.1. The summed E-state index contributed by atoms with van der Waals surface area (Å²) in [5.74, 6) is -1.55. The van der Waals surface area contributed by atoms with Crippen molar-refractivity contribution in [1.29, 1.82) is 0 Å². The van der Waals surface area contributed by atoms with E-state index in [2.05, 4.69) is 10.6 Å². The van der Waals surface area contributed by atoms with Crippen LogP contribution in [0.4, 0.5) is 31.1 Å². The van der Waals surface area contributed by atoms with Crippen LogP contribution >= 0.6 is 0 Å². The van der Waals surface area contributed by atoms with Crippen LogP contribution in [0.5, 0.6) is 5.75 Å². The minimum atomic E-state index is -5.04. The smallest absolute Gasteiger partial charge is 0.416 e. The van der Waals surface area contributed by atoms with Crippen molar-refractivity contribution in [3.63, 3.8) is 0 Å². The third-order valence-electron chi connectivity index (χ3n) is 3.81. The predicted octanol–water partition coefficient (Wildman–Crippen LogP) is 3.62. The fraction of sp³-hybridized carbons (Fsp3) is 0.412. The molecule has 1 atom stereocenters. The Bertz CT molecular complexity index is 800. The van der Waals surface area contributed by atoms with E-state index < -0.39 is 53.9 Å². The average Bonchev–Trinajstić information content (AvgIpc) is 2.57.